The zero-order chi connectivity index (χ0) is 12.5. The van der Waals surface area contributed by atoms with Crippen LogP contribution in [0.2, 0.25) is 0 Å². The summed E-state index contributed by atoms with van der Waals surface area (Å²) in [7, 11) is 0. The molecule has 2 unspecified atom stereocenters. The molecule has 3 rings (SSSR count). The lowest BCUT2D eigenvalue weighted by Gasteiger charge is -2.13. The minimum atomic E-state index is 0.131. The van der Waals surface area contributed by atoms with Gasteiger partial charge in [-0.2, -0.15) is 5.10 Å². The lowest BCUT2D eigenvalue weighted by Crippen LogP contribution is -2.10. The summed E-state index contributed by atoms with van der Waals surface area (Å²) < 4.78 is 1.92. The van der Waals surface area contributed by atoms with Crippen LogP contribution in [0.15, 0.2) is 36.5 Å². The van der Waals surface area contributed by atoms with Gasteiger partial charge in [0, 0.05) is 24.8 Å². The zero-order valence-electron chi connectivity index (χ0n) is 10.5. The third kappa shape index (κ3) is 1.88. The van der Waals surface area contributed by atoms with E-state index in [4.69, 9.17) is 5.73 Å². The number of benzene rings is 1. The molecule has 1 aromatic heterocycles. The van der Waals surface area contributed by atoms with E-state index in [-0.39, 0.29) is 12.1 Å². The first-order valence-corrected chi connectivity index (χ1v) is 6.42. The van der Waals surface area contributed by atoms with Gasteiger partial charge >= 0.3 is 0 Å². The number of rotatable bonds is 3. The molecule has 1 aliphatic carbocycles. The van der Waals surface area contributed by atoms with Crippen molar-refractivity contribution < 1.29 is 0 Å². The number of hydrogen-bond acceptors (Lipinski definition) is 3. The summed E-state index contributed by atoms with van der Waals surface area (Å²) in [5, 5.41) is 7.93. The highest BCUT2D eigenvalue weighted by molar-refractivity contribution is 5.44. The number of anilines is 1. The lowest BCUT2D eigenvalue weighted by molar-refractivity contribution is 0.634. The molecule has 0 saturated heterocycles. The minimum absolute atomic E-state index is 0.131. The minimum Gasteiger partial charge on any atom is -0.362 e. The van der Waals surface area contributed by atoms with Gasteiger partial charge in [0.25, 0.3) is 0 Å². The normalized spacial score (nSPS) is 21.9. The average molecular weight is 242 g/mol. The maximum atomic E-state index is 6.16. The van der Waals surface area contributed by atoms with Gasteiger partial charge < -0.3 is 11.1 Å². The first-order chi connectivity index (χ1) is 8.78. The van der Waals surface area contributed by atoms with Crippen LogP contribution in [0, 0.1) is 0 Å². The van der Waals surface area contributed by atoms with Crippen molar-refractivity contribution in [2.75, 3.05) is 5.32 Å². The molecule has 3 N–H and O–H groups in total. The van der Waals surface area contributed by atoms with E-state index in [1.54, 1.807) is 0 Å². The Bertz CT molecular complexity index is 546. The summed E-state index contributed by atoms with van der Waals surface area (Å²) >= 11 is 0. The Morgan fingerprint density at radius 1 is 1.33 bits per heavy atom. The second-order valence-electron chi connectivity index (χ2n) is 4.72. The summed E-state index contributed by atoms with van der Waals surface area (Å²) in [6.07, 6.45) is 2.92. The molecule has 4 heteroatoms. The Balaban J connectivity index is 1.82. The number of aryl methyl sites for hydroxylation is 1. The quantitative estimate of drug-likeness (QED) is 0.869. The standard InChI is InChI=1S/C14H18N4/c1-2-18-8-7-14(17-18)16-13-9-12(15)10-5-3-4-6-11(10)13/h3-8,12-13H,2,9,15H2,1H3,(H,16,17). The number of nitrogens with one attached hydrogen (secondary N) is 1. The van der Waals surface area contributed by atoms with E-state index in [1.165, 1.54) is 11.1 Å². The molecule has 94 valence electrons. The van der Waals surface area contributed by atoms with Crippen molar-refractivity contribution in [2.45, 2.75) is 32.0 Å². The van der Waals surface area contributed by atoms with Gasteiger partial charge in [0.05, 0.1) is 6.04 Å². The largest absolute Gasteiger partial charge is 0.362 e. The van der Waals surface area contributed by atoms with Crippen LogP contribution >= 0.6 is 0 Å². The van der Waals surface area contributed by atoms with Crippen molar-refractivity contribution >= 4 is 5.82 Å². The molecule has 0 fully saturated rings. The molecule has 2 aromatic rings. The summed E-state index contributed by atoms with van der Waals surface area (Å²) in [5.41, 5.74) is 8.71. The second kappa shape index (κ2) is 4.46. The van der Waals surface area contributed by atoms with Crippen molar-refractivity contribution in [3.05, 3.63) is 47.7 Å². The predicted octanol–water partition coefficient (Wildman–Crippen LogP) is 2.46. The third-order valence-corrected chi connectivity index (χ3v) is 3.55. The van der Waals surface area contributed by atoms with Gasteiger partial charge in [0.1, 0.15) is 5.82 Å². The molecule has 0 bridgehead atoms. The van der Waals surface area contributed by atoms with Crippen molar-refractivity contribution in [2.24, 2.45) is 5.73 Å². The number of hydrogen-bond donors (Lipinski definition) is 2. The van der Waals surface area contributed by atoms with Crippen LogP contribution in [0.1, 0.15) is 36.6 Å². The molecule has 18 heavy (non-hydrogen) atoms. The molecule has 0 radical (unpaired) electrons. The second-order valence-corrected chi connectivity index (χ2v) is 4.72. The molecule has 1 heterocycles. The van der Waals surface area contributed by atoms with E-state index in [0.717, 1.165) is 18.8 Å². The fourth-order valence-electron chi connectivity index (χ4n) is 2.60. The van der Waals surface area contributed by atoms with Gasteiger partial charge in [-0.1, -0.05) is 24.3 Å². The molecular formula is C14H18N4. The SMILES string of the molecule is CCn1ccc(NC2CC(N)c3ccccc32)n1. The molecule has 0 saturated carbocycles. The topological polar surface area (TPSA) is 55.9 Å². The monoisotopic (exact) mass is 242 g/mol. The van der Waals surface area contributed by atoms with E-state index < -0.39 is 0 Å². The number of fused-ring (bicyclic) bond motifs is 1. The zero-order valence-corrected chi connectivity index (χ0v) is 10.5. The van der Waals surface area contributed by atoms with Crippen molar-refractivity contribution in [3.63, 3.8) is 0 Å². The Hall–Kier alpha value is -1.81. The highest BCUT2D eigenvalue weighted by Gasteiger charge is 2.28. The van der Waals surface area contributed by atoms with Crippen LogP contribution in [0.4, 0.5) is 5.82 Å². The molecule has 2 atom stereocenters. The molecule has 0 amide bonds. The lowest BCUT2D eigenvalue weighted by atomic mass is 10.1. The number of nitrogens with two attached hydrogens (primary N) is 1. The third-order valence-electron chi connectivity index (χ3n) is 3.55. The van der Waals surface area contributed by atoms with E-state index in [9.17, 15) is 0 Å². The van der Waals surface area contributed by atoms with Gasteiger partial charge in [-0.05, 0) is 24.5 Å². The maximum Gasteiger partial charge on any atom is 0.148 e. The fraction of sp³-hybridized carbons (Fsp3) is 0.357. The summed E-state index contributed by atoms with van der Waals surface area (Å²) in [5.74, 6) is 0.922. The average Bonchev–Trinajstić information content (AvgIpc) is 2.97. The molecule has 1 aliphatic rings. The maximum absolute atomic E-state index is 6.16. The summed E-state index contributed by atoms with van der Waals surface area (Å²) in [6, 6.07) is 10.8. The highest BCUT2D eigenvalue weighted by Crippen LogP contribution is 2.38. The summed E-state index contributed by atoms with van der Waals surface area (Å²) in [6.45, 7) is 2.97. The molecule has 0 aliphatic heterocycles. The molecule has 4 nitrogen and oxygen atoms in total. The fourth-order valence-corrected chi connectivity index (χ4v) is 2.60. The van der Waals surface area contributed by atoms with Gasteiger partial charge in [-0.15, -0.1) is 0 Å². The van der Waals surface area contributed by atoms with Gasteiger partial charge in [0.15, 0.2) is 0 Å². The van der Waals surface area contributed by atoms with Crippen molar-refractivity contribution in [3.8, 4) is 0 Å². The van der Waals surface area contributed by atoms with E-state index in [0.29, 0.717) is 0 Å². The highest BCUT2D eigenvalue weighted by atomic mass is 15.3. The Morgan fingerprint density at radius 2 is 2.11 bits per heavy atom. The first-order valence-electron chi connectivity index (χ1n) is 6.42. The Kier molecular flexibility index (Phi) is 2.80. The van der Waals surface area contributed by atoms with E-state index in [2.05, 4.69) is 35.5 Å². The van der Waals surface area contributed by atoms with Crippen LogP contribution in [-0.2, 0) is 6.54 Å². The van der Waals surface area contributed by atoms with Crippen LogP contribution in [-0.4, -0.2) is 9.78 Å². The van der Waals surface area contributed by atoms with E-state index >= 15 is 0 Å². The number of nitrogens with zero attached hydrogens (tertiary/aromatic N) is 2. The molecule has 1 aromatic carbocycles. The van der Waals surface area contributed by atoms with Crippen LogP contribution in [0.3, 0.4) is 0 Å². The van der Waals surface area contributed by atoms with Gasteiger partial charge in [-0.25, -0.2) is 0 Å². The first kappa shape index (κ1) is 11.3. The van der Waals surface area contributed by atoms with Crippen LogP contribution in [0.25, 0.3) is 0 Å². The smallest absolute Gasteiger partial charge is 0.148 e. The summed E-state index contributed by atoms with van der Waals surface area (Å²) in [4.78, 5) is 0. The molecule has 0 spiro atoms. The number of aromatic nitrogens is 2. The van der Waals surface area contributed by atoms with Gasteiger partial charge in [0.2, 0.25) is 0 Å². The predicted molar refractivity (Wildman–Crippen MR) is 72.3 cm³/mol. The van der Waals surface area contributed by atoms with Crippen LogP contribution in [0.5, 0.6) is 0 Å². The Morgan fingerprint density at radius 3 is 2.83 bits per heavy atom. The van der Waals surface area contributed by atoms with Crippen LogP contribution < -0.4 is 11.1 Å². The van der Waals surface area contributed by atoms with Crippen molar-refractivity contribution in [1.29, 1.82) is 0 Å². The Labute approximate surface area is 107 Å². The van der Waals surface area contributed by atoms with Crippen molar-refractivity contribution in [1.82, 2.24) is 9.78 Å². The van der Waals surface area contributed by atoms with E-state index in [1.807, 2.05) is 23.0 Å². The molecular weight excluding hydrogens is 224 g/mol. The van der Waals surface area contributed by atoms with Gasteiger partial charge in [-0.3, -0.25) is 4.68 Å².